The average molecular weight is 278 g/mol. The normalized spacial score (nSPS) is 12.4. The Balaban J connectivity index is 4.03. The van der Waals surface area contributed by atoms with Crippen LogP contribution in [0, 0.1) is 34.4 Å². The van der Waals surface area contributed by atoms with E-state index in [1.165, 1.54) is 12.4 Å². The Bertz CT molecular complexity index is 423. The number of hydrogen-bond donors (Lipinski definition) is 7. The summed E-state index contributed by atoms with van der Waals surface area (Å²) in [5.74, 6) is -0.113. The van der Waals surface area contributed by atoms with E-state index in [1.807, 2.05) is 0 Å². The molecule has 0 atom stereocenters. The zero-order chi connectivity index (χ0) is 15.2. The van der Waals surface area contributed by atoms with Crippen LogP contribution in [0.1, 0.15) is 0 Å². The van der Waals surface area contributed by atoms with Crippen LogP contribution in [0.15, 0.2) is 9.98 Å². The van der Waals surface area contributed by atoms with Gasteiger partial charge >= 0.3 is 0 Å². The van der Waals surface area contributed by atoms with Crippen molar-refractivity contribution in [2.75, 3.05) is 13.3 Å². The van der Waals surface area contributed by atoms with E-state index < -0.39 is 6.29 Å². The third kappa shape index (κ3) is 8.83. The first-order valence-corrected chi connectivity index (χ1v) is 5.17. The fourth-order valence-electron chi connectivity index (χ4n) is 0.913. The Kier molecular flexibility index (Phi) is 9.08. The van der Waals surface area contributed by atoms with Gasteiger partial charge in [-0.3, -0.25) is 16.0 Å². The predicted octanol–water partition coefficient (Wildman–Crippen LogP) is -3.79. The molecule has 0 saturated heterocycles. The van der Waals surface area contributed by atoms with Crippen molar-refractivity contribution in [2.24, 2.45) is 21.5 Å². The molecule has 0 fully saturated rings. The van der Waals surface area contributed by atoms with E-state index in [4.69, 9.17) is 27.3 Å². The zero-order valence-electron chi connectivity index (χ0n) is 10.4. The number of aliphatic imine (C=N–C) groups is 2. The summed E-state index contributed by atoms with van der Waals surface area (Å²) in [6.45, 7) is 0.288. The Hall–Kier alpha value is -3.27. The first-order chi connectivity index (χ1) is 9.63. The first-order valence-electron chi connectivity index (χ1n) is 5.17. The smallest absolute Gasteiger partial charge is 0.209 e. The quantitative estimate of drug-likeness (QED) is 0.0793. The van der Waals surface area contributed by atoms with Gasteiger partial charge in [-0.1, -0.05) is 0 Å². The van der Waals surface area contributed by atoms with Gasteiger partial charge in [0.1, 0.15) is 6.29 Å². The minimum absolute atomic E-state index is 0.0563. The first kappa shape index (κ1) is 16.7. The number of rotatable bonds is 7. The van der Waals surface area contributed by atoms with Crippen molar-refractivity contribution in [2.45, 2.75) is 6.29 Å². The predicted molar refractivity (Wildman–Crippen MR) is 69.3 cm³/mol. The molecule has 0 saturated carbocycles. The molecular weight excluding hydrogens is 264 g/mol. The fraction of sp³-hybridized carbons (Fsp3) is 0.375. The van der Waals surface area contributed by atoms with Crippen LogP contribution in [0.3, 0.4) is 0 Å². The lowest BCUT2D eigenvalue weighted by Gasteiger charge is -2.19. The minimum atomic E-state index is -0.607. The van der Waals surface area contributed by atoms with E-state index in [-0.39, 0.29) is 25.3 Å². The molecule has 0 aromatic carbocycles. The third-order valence-corrected chi connectivity index (χ3v) is 1.70. The number of nitrogens with two attached hydrogens (primary N) is 2. The number of nitrogens with zero attached hydrogens (tertiary/aromatic N) is 5. The van der Waals surface area contributed by atoms with E-state index in [1.54, 1.807) is 6.19 Å². The highest BCUT2D eigenvalue weighted by molar-refractivity contribution is 5.78. The summed E-state index contributed by atoms with van der Waals surface area (Å²) >= 11 is 0. The number of hydrogen-bond acceptors (Lipinski definition) is 8. The van der Waals surface area contributed by atoms with Gasteiger partial charge in [0.05, 0.1) is 13.3 Å². The summed E-state index contributed by atoms with van der Waals surface area (Å²) in [5, 5.41) is 38.2. The molecular formula is C8H14N12. The Morgan fingerprint density at radius 2 is 1.40 bits per heavy atom. The van der Waals surface area contributed by atoms with Gasteiger partial charge in [0.25, 0.3) is 0 Å². The van der Waals surface area contributed by atoms with E-state index in [0.29, 0.717) is 0 Å². The lowest BCUT2D eigenvalue weighted by molar-refractivity contribution is 0.389. The van der Waals surface area contributed by atoms with E-state index in [0.717, 1.165) is 0 Å². The molecule has 0 aromatic rings. The summed E-state index contributed by atoms with van der Waals surface area (Å²) in [7, 11) is 0. The largest absolute Gasteiger partial charge is 0.369 e. The van der Waals surface area contributed by atoms with Crippen LogP contribution in [-0.4, -0.2) is 31.5 Å². The molecule has 0 rings (SSSR count). The second-order valence-corrected chi connectivity index (χ2v) is 3.00. The summed E-state index contributed by atoms with van der Waals surface area (Å²) in [4.78, 5) is 6.48. The summed E-state index contributed by atoms with van der Waals surface area (Å²) in [6.07, 6.45) is 4.16. The van der Waals surface area contributed by atoms with Gasteiger partial charge in [-0.2, -0.15) is 15.8 Å². The molecule has 0 spiro atoms. The molecule has 0 radical (unpaired) electrons. The van der Waals surface area contributed by atoms with Crippen molar-refractivity contribution in [3.63, 3.8) is 0 Å². The molecule has 12 heteroatoms. The van der Waals surface area contributed by atoms with Crippen LogP contribution >= 0.6 is 0 Å². The molecule has 0 amide bonds. The van der Waals surface area contributed by atoms with Gasteiger partial charge in [-0.05, 0) is 0 Å². The molecule has 0 bridgehead atoms. The maximum atomic E-state index is 8.56. The van der Waals surface area contributed by atoms with Crippen LogP contribution in [0.25, 0.3) is 0 Å². The van der Waals surface area contributed by atoms with Crippen LogP contribution < -0.4 is 38.1 Å². The minimum Gasteiger partial charge on any atom is -0.369 e. The monoisotopic (exact) mass is 278 g/mol. The van der Waals surface area contributed by atoms with Crippen molar-refractivity contribution in [1.29, 1.82) is 15.8 Å². The zero-order valence-corrected chi connectivity index (χ0v) is 10.4. The molecule has 106 valence electrons. The molecule has 12 nitrogen and oxygen atoms in total. The average Bonchev–Trinajstić information content (AvgIpc) is 2.39. The highest BCUT2D eigenvalue weighted by atomic mass is 15.3. The summed E-state index contributed by atoms with van der Waals surface area (Å²) in [5.41, 5.74) is 10.6. The SMILES string of the molecule is N#C/N=C(\N)NCNC(NC#N)NCN/C(N)=N/C#N. The standard InChI is InChI=1S/C8H14N12/c9-1-14-6(12)17-4-19-8(16-3-11)20-5-18-7(13)15-2-10/h8,16,19-20H,4-5H2,(H3,12,14,17)(H3,13,15,18). The Morgan fingerprint density at radius 1 is 0.950 bits per heavy atom. The maximum Gasteiger partial charge on any atom is 0.209 e. The van der Waals surface area contributed by atoms with Crippen molar-refractivity contribution >= 4 is 11.9 Å². The van der Waals surface area contributed by atoms with Crippen molar-refractivity contribution < 1.29 is 0 Å². The van der Waals surface area contributed by atoms with Crippen LogP contribution in [-0.2, 0) is 0 Å². The van der Waals surface area contributed by atoms with Crippen LogP contribution in [0.5, 0.6) is 0 Å². The molecule has 20 heavy (non-hydrogen) atoms. The number of guanidine groups is 2. The Labute approximate surface area is 115 Å². The van der Waals surface area contributed by atoms with E-state index in [2.05, 4.69) is 36.6 Å². The number of nitrogens with one attached hydrogen (secondary N) is 5. The second-order valence-electron chi connectivity index (χ2n) is 3.00. The second kappa shape index (κ2) is 10.9. The third-order valence-electron chi connectivity index (χ3n) is 1.70. The molecule has 0 aliphatic rings. The van der Waals surface area contributed by atoms with Crippen molar-refractivity contribution in [3.05, 3.63) is 0 Å². The molecule has 0 aliphatic carbocycles. The summed E-state index contributed by atoms with van der Waals surface area (Å²) < 4.78 is 0. The molecule has 9 N–H and O–H groups in total. The highest BCUT2D eigenvalue weighted by Gasteiger charge is 2.04. The topological polar surface area (TPSA) is 208 Å². The van der Waals surface area contributed by atoms with Gasteiger partial charge in [0, 0.05) is 0 Å². The highest BCUT2D eigenvalue weighted by Crippen LogP contribution is 1.70. The van der Waals surface area contributed by atoms with Crippen LogP contribution in [0.2, 0.25) is 0 Å². The lowest BCUT2D eigenvalue weighted by Crippen LogP contribution is -2.57. The lowest BCUT2D eigenvalue weighted by atomic mass is 10.7. The van der Waals surface area contributed by atoms with Gasteiger partial charge in [-0.25, -0.2) is 0 Å². The number of nitriles is 3. The van der Waals surface area contributed by atoms with Crippen molar-refractivity contribution in [1.82, 2.24) is 26.6 Å². The van der Waals surface area contributed by atoms with Crippen LogP contribution in [0.4, 0.5) is 0 Å². The van der Waals surface area contributed by atoms with E-state index >= 15 is 0 Å². The van der Waals surface area contributed by atoms with Crippen molar-refractivity contribution in [3.8, 4) is 18.6 Å². The maximum absolute atomic E-state index is 8.56. The van der Waals surface area contributed by atoms with Gasteiger partial charge < -0.3 is 22.1 Å². The molecule has 0 aromatic heterocycles. The fourth-order valence-corrected chi connectivity index (χ4v) is 0.913. The Morgan fingerprint density at radius 3 is 1.75 bits per heavy atom. The van der Waals surface area contributed by atoms with Gasteiger partial charge in [-0.15, -0.1) is 9.98 Å². The van der Waals surface area contributed by atoms with Gasteiger partial charge in [0.15, 0.2) is 6.19 Å². The summed E-state index contributed by atoms with van der Waals surface area (Å²) in [6, 6.07) is 0. The molecule has 0 unspecified atom stereocenters. The molecule has 0 aliphatic heterocycles. The van der Waals surface area contributed by atoms with E-state index in [9.17, 15) is 0 Å². The van der Waals surface area contributed by atoms with Gasteiger partial charge in [0.2, 0.25) is 24.3 Å². The molecule has 0 heterocycles.